The Kier molecular flexibility index (Phi) is 12.1. The standard InChI is InChI=1S/C22H37N5O2.HI/c1-6-23-22(24-10-9-19-8-7-18(4)20(15-19)29-5)27-13-11-26(12-14-27)16-21(28)25-17(2)3;/h7-8,15,17H,6,9-14,16H2,1-5H3,(H,23,24)(H,25,28);1H. The highest BCUT2D eigenvalue weighted by atomic mass is 127. The maximum absolute atomic E-state index is 12.0. The molecule has 1 aromatic rings. The van der Waals surface area contributed by atoms with Crippen LogP contribution in [0.25, 0.3) is 0 Å². The molecule has 2 rings (SSSR count). The van der Waals surface area contributed by atoms with E-state index in [1.54, 1.807) is 7.11 Å². The summed E-state index contributed by atoms with van der Waals surface area (Å²) in [6.07, 6.45) is 0.876. The first-order chi connectivity index (χ1) is 13.9. The van der Waals surface area contributed by atoms with Crippen LogP contribution in [0.2, 0.25) is 0 Å². The average Bonchev–Trinajstić information content (AvgIpc) is 2.68. The van der Waals surface area contributed by atoms with E-state index in [2.05, 4.69) is 52.5 Å². The summed E-state index contributed by atoms with van der Waals surface area (Å²) in [5.74, 6) is 1.98. The Morgan fingerprint density at radius 3 is 2.53 bits per heavy atom. The number of guanidine groups is 1. The number of methoxy groups -OCH3 is 1. The second-order valence-corrected chi connectivity index (χ2v) is 7.78. The van der Waals surface area contributed by atoms with Gasteiger partial charge in [-0.2, -0.15) is 0 Å². The first-order valence-electron chi connectivity index (χ1n) is 10.6. The number of halogens is 1. The highest BCUT2D eigenvalue weighted by Gasteiger charge is 2.21. The average molecular weight is 531 g/mol. The molecule has 0 aliphatic carbocycles. The van der Waals surface area contributed by atoms with Crippen molar-refractivity contribution in [2.24, 2.45) is 4.99 Å². The molecule has 1 aromatic carbocycles. The minimum absolute atomic E-state index is 0. The number of carbonyl (C=O) groups excluding carboxylic acids is 1. The van der Waals surface area contributed by atoms with E-state index < -0.39 is 0 Å². The Hall–Kier alpha value is -1.55. The maximum atomic E-state index is 12.0. The first-order valence-corrected chi connectivity index (χ1v) is 10.6. The Labute approximate surface area is 198 Å². The number of hydrogen-bond donors (Lipinski definition) is 2. The Bertz CT molecular complexity index is 688. The lowest BCUT2D eigenvalue weighted by Crippen LogP contribution is -2.54. The number of nitrogens with one attached hydrogen (secondary N) is 2. The minimum Gasteiger partial charge on any atom is -0.496 e. The molecular weight excluding hydrogens is 493 g/mol. The van der Waals surface area contributed by atoms with E-state index in [-0.39, 0.29) is 35.9 Å². The zero-order valence-corrected chi connectivity index (χ0v) is 21.4. The number of ether oxygens (including phenoxy) is 1. The first kappa shape index (κ1) is 26.5. The third kappa shape index (κ3) is 8.67. The van der Waals surface area contributed by atoms with Gasteiger partial charge in [0.1, 0.15) is 5.75 Å². The summed E-state index contributed by atoms with van der Waals surface area (Å²) in [6.45, 7) is 13.6. The van der Waals surface area contributed by atoms with Gasteiger partial charge in [-0.05, 0) is 51.3 Å². The fourth-order valence-electron chi connectivity index (χ4n) is 3.43. The largest absolute Gasteiger partial charge is 0.496 e. The number of carbonyl (C=O) groups is 1. The highest BCUT2D eigenvalue weighted by molar-refractivity contribution is 14.0. The van der Waals surface area contributed by atoms with Crippen LogP contribution in [0.1, 0.15) is 31.9 Å². The number of amides is 1. The highest BCUT2D eigenvalue weighted by Crippen LogP contribution is 2.19. The molecule has 0 spiro atoms. The van der Waals surface area contributed by atoms with Crippen LogP contribution in [0.3, 0.4) is 0 Å². The van der Waals surface area contributed by atoms with Gasteiger partial charge in [-0.15, -0.1) is 24.0 Å². The van der Waals surface area contributed by atoms with Gasteiger partial charge in [-0.25, -0.2) is 0 Å². The van der Waals surface area contributed by atoms with E-state index in [1.165, 1.54) is 5.56 Å². The van der Waals surface area contributed by atoms with E-state index in [0.29, 0.717) is 6.54 Å². The van der Waals surface area contributed by atoms with Gasteiger partial charge in [0.05, 0.1) is 13.7 Å². The van der Waals surface area contributed by atoms with Gasteiger partial charge >= 0.3 is 0 Å². The summed E-state index contributed by atoms with van der Waals surface area (Å²) >= 11 is 0. The summed E-state index contributed by atoms with van der Waals surface area (Å²) in [6, 6.07) is 6.52. The minimum atomic E-state index is 0. The van der Waals surface area contributed by atoms with Crippen molar-refractivity contribution in [1.82, 2.24) is 20.4 Å². The summed E-state index contributed by atoms with van der Waals surface area (Å²) in [5, 5.41) is 6.37. The molecule has 0 aromatic heterocycles. The Balaban J connectivity index is 0.00000450. The van der Waals surface area contributed by atoms with E-state index >= 15 is 0 Å². The molecule has 30 heavy (non-hydrogen) atoms. The number of rotatable bonds is 8. The second kappa shape index (κ2) is 13.7. The lowest BCUT2D eigenvalue weighted by atomic mass is 10.1. The van der Waals surface area contributed by atoms with Crippen LogP contribution in [-0.4, -0.2) is 80.6 Å². The van der Waals surface area contributed by atoms with Gasteiger partial charge in [0.25, 0.3) is 0 Å². The molecule has 1 heterocycles. The third-order valence-corrected chi connectivity index (χ3v) is 4.96. The Morgan fingerprint density at radius 1 is 1.23 bits per heavy atom. The topological polar surface area (TPSA) is 69.2 Å². The van der Waals surface area contributed by atoms with Crippen LogP contribution in [0.5, 0.6) is 5.75 Å². The molecule has 0 atom stereocenters. The SMILES string of the molecule is CCNC(=NCCc1ccc(C)c(OC)c1)N1CCN(CC(=O)NC(C)C)CC1.I. The molecule has 0 radical (unpaired) electrons. The van der Waals surface area contributed by atoms with Crippen LogP contribution < -0.4 is 15.4 Å². The van der Waals surface area contributed by atoms with E-state index in [1.807, 2.05) is 13.8 Å². The lowest BCUT2D eigenvalue weighted by Gasteiger charge is -2.36. The van der Waals surface area contributed by atoms with Crippen LogP contribution in [0.15, 0.2) is 23.2 Å². The van der Waals surface area contributed by atoms with Crippen LogP contribution in [0, 0.1) is 6.92 Å². The summed E-state index contributed by atoms with van der Waals surface area (Å²) in [5.41, 5.74) is 2.38. The zero-order valence-electron chi connectivity index (χ0n) is 19.0. The second-order valence-electron chi connectivity index (χ2n) is 7.78. The van der Waals surface area contributed by atoms with Crippen molar-refractivity contribution in [2.75, 3.05) is 52.9 Å². The molecule has 8 heteroatoms. The molecule has 7 nitrogen and oxygen atoms in total. The molecule has 0 saturated carbocycles. The normalized spacial score (nSPS) is 15.0. The van der Waals surface area contributed by atoms with E-state index in [9.17, 15) is 4.79 Å². The fraction of sp³-hybridized carbons (Fsp3) is 0.636. The molecule has 2 N–H and O–H groups in total. The molecule has 0 unspecified atom stereocenters. The third-order valence-electron chi connectivity index (χ3n) is 4.96. The number of hydrogen-bond acceptors (Lipinski definition) is 4. The van der Waals surface area contributed by atoms with Crippen molar-refractivity contribution in [3.05, 3.63) is 29.3 Å². The molecular formula is C22H38IN5O2. The number of nitrogens with zero attached hydrogens (tertiary/aromatic N) is 3. The van der Waals surface area contributed by atoms with Gasteiger partial charge in [0, 0.05) is 45.3 Å². The monoisotopic (exact) mass is 531 g/mol. The molecule has 1 saturated heterocycles. The predicted molar refractivity (Wildman–Crippen MR) is 134 cm³/mol. The van der Waals surface area contributed by atoms with E-state index in [0.717, 1.165) is 63.0 Å². The quantitative estimate of drug-likeness (QED) is 0.306. The molecule has 1 aliphatic rings. The van der Waals surface area contributed by atoms with Crippen LogP contribution in [0.4, 0.5) is 0 Å². The molecule has 1 aliphatic heterocycles. The lowest BCUT2D eigenvalue weighted by molar-refractivity contribution is -0.123. The number of aryl methyl sites for hydroxylation is 1. The van der Waals surface area contributed by atoms with Gasteiger partial charge < -0.3 is 20.3 Å². The molecule has 170 valence electrons. The maximum Gasteiger partial charge on any atom is 0.234 e. The molecule has 0 bridgehead atoms. The summed E-state index contributed by atoms with van der Waals surface area (Å²) in [4.78, 5) is 21.3. The van der Waals surface area contributed by atoms with Crippen molar-refractivity contribution < 1.29 is 9.53 Å². The van der Waals surface area contributed by atoms with Crippen LogP contribution >= 0.6 is 24.0 Å². The van der Waals surface area contributed by atoms with Gasteiger partial charge in [-0.1, -0.05) is 12.1 Å². The Morgan fingerprint density at radius 2 is 1.93 bits per heavy atom. The number of aliphatic imine (C=N–C) groups is 1. The number of benzene rings is 1. The van der Waals surface area contributed by atoms with Crippen molar-refractivity contribution in [2.45, 2.75) is 40.2 Å². The number of piperazine rings is 1. The summed E-state index contributed by atoms with van der Waals surface area (Å²) in [7, 11) is 1.71. The van der Waals surface area contributed by atoms with Crippen molar-refractivity contribution in [3.63, 3.8) is 0 Å². The fourth-order valence-corrected chi connectivity index (χ4v) is 3.43. The van der Waals surface area contributed by atoms with Crippen molar-refractivity contribution in [1.29, 1.82) is 0 Å². The smallest absolute Gasteiger partial charge is 0.234 e. The zero-order chi connectivity index (χ0) is 21.2. The van der Waals surface area contributed by atoms with Crippen molar-refractivity contribution >= 4 is 35.8 Å². The van der Waals surface area contributed by atoms with Gasteiger partial charge in [0.15, 0.2) is 5.96 Å². The molecule has 1 amide bonds. The summed E-state index contributed by atoms with van der Waals surface area (Å²) < 4.78 is 5.42. The van der Waals surface area contributed by atoms with Gasteiger partial charge in [-0.3, -0.25) is 14.7 Å². The van der Waals surface area contributed by atoms with E-state index in [4.69, 9.17) is 9.73 Å². The van der Waals surface area contributed by atoms with Crippen molar-refractivity contribution in [3.8, 4) is 5.75 Å². The predicted octanol–water partition coefficient (Wildman–Crippen LogP) is 2.27. The molecule has 1 fully saturated rings. The van der Waals surface area contributed by atoms with Gasteiger partial charge in [0.2, 0.25) is 5.91 Å². The van der Waals surface area contributed by atoms with Crippen LogP contribution in [-0.2, 0) is 11.2 Å².